The van der Waals surface area contributed by atoms with Crippen molar-refractivity contribution in [2.45, 2.75) is 19.4 Å². The van der Waals surface area contributed by atoms with Gasteiger partial charge in [0, 0.05) is 12.2 Å². The molecule has 0 bridgehead atoms. The molecule has 1 heterocycles. The Hall–Kier alpha value is -1.23. The first kappa shape index (κ1) is 12.8. The Labute approximate surface area is 100 Å². The van der Waals surface area contributed by atoms with E-state index in [1.165, 1.54) is 6.20 Å². The van der Waals surface area contributed by atoms with Crippen LogP contribution in [0.25, 0.3) is 0 Å². The third-order valence-corrected chi connectivity index (χ3v) is 2.84. The van der Waals surface area contributed by atoms with Crippen LogP contribution in [0.15, 0.2) is 18.3 Å². The number of pyridine rings is 1. The van der Waals surface area contributed by atoms with Crippen LogP contribution in [0.4, 0.5) is 5.82 Å². The highest BCUT2D eigenvalue weighted by Crippen LogP contribution is 2.09. The lowest BCUT2D eigenvalue weighted by atomic mass is 10.2. The molecule has 1 unspecified atom stereocenters. The van der Waals surface area contributed by atoms with Gasteiger partial charge in [-0.15, -0.1) is 0 Å². The fraction of sp³-hybridized carbons (Fsp3) is 0.455. The molecule has 1 atom stereocenters. The number of anilines is 1. The first-order valence-corrected chi connectivity index (χ1v) is 6.54. The van der Waals surface area contributed by atoms with Crippen LogP contribution >= 0.6 is 11.8 Å². The minimum absolute atomic E-state index is 0.374. The van der Waals surface area contributed by atoms with E-state index in [0.29, 0.717) is 11.6 Å². The predicted octanol–water partition coefficient (Wildman–Crippen LogP) is 1.73. The maximum absolute atomic E-state index is 10.8. The van der Waals surface area contributed by atoms with Gasteiger partial charge in [0.15, 0.2) is 0 Å². The summed E-state index contributed by atoms with van der Waals surface area (Å²) in [5, 5.41) is 3.27. The highest BCUT2D eigenvalue weighted by atomic mass is 32.2. The van der Waals surface area contributed by atoms with Gasteiger partial charge in [-0.25, -0.2) is 4.98 Å². The molecule has 88 valence electrons. The minimum atomic E-state index is -0.450. The van der Waals surface area contributed by atoms with E-state index in [1.54, 1.807) is 12.1 Å². The molecule has 1 aromatic heterocycles. The zero-order valence-corrected chi connectivity index (χ0v) is 10.4. The molecule has 16 heavy (non-hydrogen) atoms. The molecule has 1 amide bonds. The van der Waals surface area contributed by atoms with Crippen molar-refractivity contribution >= 4 is 23.5 Å². The van der Waals surface area contributed by atoms with E-state index in [2.05, 4.69) is 23.5 Å². The van der Waals surface area contributed by atoms with E-state index in [1.807, 2.05) is 11.8 Å². The summed E-state index contributed by atoms with van der Waals surface area (Å²) in [4.78, 5) is 15.0. The summed E-state index contributed by atoms with van der Waals surface area (Å²) in [5.41, 5.74) is 5.56. The summed E-state index contributed by atoms with van der Waals surface area (Å²) in [6, 6.07) is 3.83. The average Bonchev–Trinajstić information content (AvgIpc) is 2.27. The summed E-state index contributed by atoms with van der Waals surface area (Å²) in [6.07, 6.45) is 4.67. The second kappa shape index (κ2) is 6.37. The average molecular weight is 239 g/mol. The molecular formula is C11H17N3OS. The van der Waals surface area contributed by atoms with Crippen LogP contribution in [0.5, 0.6) is 0 Å². The highest BCUT2D eigenvalue weighted by Gasteiger charge is 2.04. The Kier molecular flexibility index (Phi) is 5.11. The second-order valence-corrected chi connectivity index (χ2v) is 4.61. The van der Waals surface area contributed by atoms with Crippen molar-refractivity contribution in [1.29, 1.82) is 0 Å². The molecule has 3 N–H and O–H groups in total. The number of hydrogen-bond donors (Lipinski definition) is 2. The van der Waals surface area contributed by atoms with Crippen molar-refractivity contribution in [2.24, 2.45) is 5.73 Å². The van der Waals surface area contributed by atoms with Crippen LogP contribution < -0.4 is 11.1 Å². The number of nitrogens with two attached hydrogens (primary N) is 1. The number of carbonyl (C=O) groups is 1. The molecule has 0 spiro atoms. The molecule has 0 radical (unpaired) electrons. The van der Waals surface area contributed by atoms with Gasteiger partial charge >= 0.3 is 0 Å². The van der Waals surface area contributed by atoms with Crippen molar-refractivity contribution < 1.29 is 4.79 Å². The fourth-order valence-corrected chi connectivity index (χ4v) is 1.83. The van der Waals surface area contributed by atoms with Gasteiger partial charge in [0.2, 0.25) is 5.91 Å². The lowest BCUT2D eigenvalue weighted by Crippen LogP contribution is -2.17. The standard InChI is InChI=1S/C11H17N3OS/c1-8(5-6-16-2)14-10-4-3-9(7-13-10)11(12)15/h3-4,7-8H,5-6H2,1-2H3,(H2,12,15)(H,13,14). The van der Waals surface area contributed by atoms with Crippen LogP contribution in [-0.4, -0.2) is 28.9 Å². The number of carbonyl (C=O) groups excluding carboxylic acids is 1. The number of nitrogens with one attached hydrogen (secondary N) is 1. The number of thioether (sulfide) groups is 1. The van der Waals surface area contributed by atoms with E-state index in [9.17, 15) is 4.79 Å². The molecule has 0 aliphatic heterocycles. The lowest BCUT2D eigenvalue weighted by molar-refractivity contribution is 0.1000. The normalized spacial score (nSPS) is 12.1. The second-order valence-electron chi connectivity index (χ2n) is 3.62. The van der Waals surface area contributed by atoms with Gasteiger partial charge in [-0.05, 0) is 37.5 Å². The van der Waals surface area contributed by atoms with Crippen LogP contribution in [-0.2, 0) is 0 Å². The van der Waals surface area contributed by atoms with Gasteiger partial charge < -0.3 is 11.1 Å². The number of amides is 1. The molecule has 0 saturated heterocycles. The van der Waals surface area contributed by atoms with E-state index < -0.39 is 5.91 Å². The van der Waals surface area contributed by atoms with Crippen molar-refractivity contribution in [3.8, 4) is 0 Å². The summed E-state index contributed by atoms with van der Waals surface area (Å²) in [7, 11) is 0. The monoisotopic (exact) mass is 239 g/mol. The van der Waals surface area contributed by atoms with Crippen molar-refractivity contribution in [3.05, 3.63) is 23.9 Å². The quantitative estimate of drug-likeness (QED) is 0.793. The zero-order valence-electron chi connectivity index (χ0n) is 9.56. The number of hydrogen-bond acceptors (Lipinski definition) is 4. The van der Waals surface area contributed by atoms with Gasteiger partial charge in [-0.1, -0.05) is 0 Å². The summed E-state index contributed by atoms with van der Waals surface area (Å²) in [5.74, 6) is 1.45. The van der Waals surface area contributed by atoms with Crippen molar-refractivity contribution in [1.82, 2.24) is 4.98 Å². The third-order valence-electron chi connectivity index (χ3n) is 2.20. The fourth-order valence-electron chi connectivity index (χ4n) is 1.24. The van der Waals surface area contributed by atoms with Crippen LogP contribution in [0.1, 0.15) is 23.7 Å². The molecule has 4 nitrogen and oxygen atoms in total. The molecule has 0 aliphatic carbocycles. The molecule has 0 fully saturated rings. The van der Waals surface area contributed by atoms with Gasteiger partial charge in [0.1, 0.15) is 5.82 Å². The van der Waals surface area contributed by atoms with Gasteiger partial charge in [0.25, 0.3) is 0 Å². The Bertz CT molecular complexity index is 340. The van der Waals surface area contributed by atoms with E-state index in [4.69, 9.17) is 5.73 Å². The predicted molar refractivity (Wildman–Crippen MR) is 68.8 cm³/mol. The number of primary amides is 1. The Morgan fingerprint density at radius 1 is 1.62 bits per heavy atom. The molecule has 0 aromatic carbocycles. The summed E-state index contributed by atoms with van der Waals surface area (Å²) >= 11 is 1.83. The molecule has 1 aromatic rings. The lowest BCUT2D eigenvalue weighted by Gasteiger charge is -2.13. The van der Waals surface area contributed by atoms with Gasteiger partial charge in [-0.3, -0.25) is 4.79 Å². The van der Waals surface area contributed by atoms with Crippen LogP contribution in [0.3, 0.4) is 0 Å². The number of rotatable bonds is 6. The SMILES string of the molecule is CSCCC(C)Nc1ccc(C(N)=O)cn1. The van der Waals surface area contributed by atoms with E-state index in [0.717, 1.165) is 18.0 Å². The summed E-state index contributed by atoms with van der Waals surface area (Å²) < 4.78 is 0. The smallest absolute Gasteiger partial charge is 0.250 e. The minimum Gasteiger partial charge on any atom is -0.368 e. The highest BCUT2D eigenvalue weighted by molar-refractivity contribution is 7.98. The zero-order chi connectivity index (χ0) is 12.0. The Morgan fingerprint density at radius 2 is 2.38 bits per heavy atom. The van der Waals surface area contributed by atoms with E-state index >= 15 is 0 Å². The number of aromatic nitrogens is 1. The Balaban J connectivity index is 2.51. The largest absolute Gasteiger partial charge is 0.368 e. The van der Waals surface area contributed by atoms with Crippen molar-refractivity contribution in [3.63, 3.8) is 0 Å². The molecule has 1 rings (SSSR count). The van der Waals surface area contributed by atoms with Crippen LogP contribution in [0.2, 0.25) is 0 Å². The van der Waals surface area contributed by atoms with E-state index in [-0.39, 0.29) is 0 Å². The van der Waals surface area contributed by atoms with Crippen LogP contribution in [0, 0.1) is 0 Å². The van der Waals surface area contributed by atoms with Gasteiger partial charge in [0.05, 0.1) is 5.56 Å². The molecule has 0 saturated carbocycles. The topological polar surface area (TPSA) is 68.0 Å². The number of nitrogens with zero attached hydrogens (tertiary/aromatic N) is 1. The first-order chi connectivity index (χ1) is 7.63. The first-order valence-electron chi connectivity index (χ1n) is 5.15. The van der Waals surface area contributed by atoms with Crippen molar-refractivity contribution in [2.75, 3.05) is 17.3 Å². The Morgan fingerprint density at radius 3 is 2.88 bits per heavy atom. The molecular weight excluding hydrogens is 222 g/mol. The molecule has 5 heteroatoms. The maximum atomic E-state index is 10.8. The maximum Gasteiger partial charge on any atom is 0.250 e. The summed E-state index contributed by atoms with van der Waals surface area (Å²) in [6.45, 7) is 2.11. The third kappa shape index (κ3) is 4.10. The van der Waals surface area contributed by atoms with Gasteiger partial charge in [-0.2, -0.15) is 11.8 Å². The molecule has 0 aliphatic rings.